The first kappa shape index (κ1) is 35.7. The second-order valence-electron chi connectivity index (χ2n) is 11.7. The van der Waals surface area contributed by atoms with E-state index in [9.17, 15) is 18.0 Å². The van der Waals surface area contributed by atoms with Gasteiger partial charge in [-0.05, 0) is 84.6 Å². The van der Waals surface area contributed by atoms with Gasteiger partial charge in [0.1, 0.15) is 18.3 Å². The summed E-state index contributed by atoms with van der Waals surface area (Å²) in [5.41, 5.74) is 4.03. The molecule has 248 valence electrons. The standard InChI is InChI=1S/C37H42BrN3O5S/c1-6-28(4)39-37(43)34(22-29-10-8-7-9-11-29)40(24-30-16-12-26(2)13-17-30)36(42)25-41(31-18-14-27(3)15-19-31)47(44,45)32-20-21-35(46-5)33(38)23-32/h7-21,23,28,34H,6,22,24-25H2,1-5H3,(H,39,43)/t28-,34+/m1/s1. The normalized spacial score (nSPS) is 12.6. The van der Waals surface area contributed by atoms with Crippen molar-refractivity contribution in [2.24, 2.45) is 0 Å². The zero-order valence-electron chi connectivity index (χ0n) is 27.4. The molecule has 0 aliphatic carbocycles. The lowest BCUT2D eigenvalue weighted by Gasteiger charge is -2.34. The van der Waals surface area contributed by atoms with Crippen molar-refractivity contribution in [1.29, 1.82) is 0 Å². The van der Waals surface area contributed by atoms with Crippen LogP contribution in [0.3, 0.4) is 0 Å². The predicted octanol–water partition coefficient (Wildman–Crippen LogP) is 6.82. The molecule has 0 aliphatic heterocycles. The number of nitrogens with zero attached hydrogens (tertiary/aromatic N) is 2. The lowest BCUT2D eigenvalue weighted by atomic mass is 10.0. The number of carbonyl (C=O) groups excluding carboxylic acids is 2. The Morgan fingerprint density at radius 1 is 0.872 bits per heavy atom. The number of halogens is 1. The lowest BCUT2D eigenvalue weighted by Crippen LogP contribution is -2.54. The van der Waals surface area contributed by atoms with Gasteiger partial charge in [-0.15, -0.1) is 0 Å². The molecule has 0 bridgehead atoms. The predicted molar refractivity (Wildman–Crippen MR) is 190 cm³/mol. The van der Waals surface area contributed by atoms with Crippen molar-refractivity contribution in [3.05, 3.63) is 124 Å². The summed E-state index contributed by atoms with van der Waals surface area (Å²) in [6, 6.07) is 27.7. The number of hydrogen-bond acceptors (Lipinski definition) is 5. The van der Waals surface area contributed by atoms with Crippen molar-refractivity contribution >= 4 is 43.5 Å². The van der Waals surface area contributed by atoms with Gasteiger partial charge in [0, 0.05) is 19.0 Å². The highest BCUT2D eigenvalue weighted by molar-refractivity contribution is 9.10. The van der Waals surface area contributed by atoms with Crippen molar-refractivity contribution in [1.82, 2.24) is 10.2 Å². The molecule has 1 N–H and O–H groups in total. The number of aryl methyl sites for hydroxylation is 2. The molecule has 0 saturated heterocycles. The average Bonchev–Trinajstić information content (AvgIpc) is 3.06. The first-order valence-electron chi connectivity index (χ1n) is 15.5. The smallest absolute Gasteiger partial charge is 0.264 e. The Hall–Kier alpha value is -4.15. The number of benzene rings is 4. The number of rotatable bonds is 14. The van der Waals surface area contributed by atoms with Gasteiger partial charge >= 0.3 is 0 Å². The minimum absolute atomic E-state index is 0.0148. The average molecular weight is 721 g/mol. The maximum Gasteiger partial charge on any atom is 0.264 e. The Bertz CT molecular complexity index is 1760. The second-order valence-corrected chi connectivity index (χ2v) is 14.4. The summed E-state index contributed by atoms with van der Waals surface area (Å²) in [7, 11) is -2.75. The fraction of sp³-hybridized carbons (Fsp3) is 0.297. The van der Waals surface area contributed by atoms with Crippen LogP contribution >= 0.6 is 15.9 Å². The van der Waals surface area contributed by atoms with Crippen LogP contribution in [-0.2, 0) is 32.6 Å². The zero-order chi connectivity index (χ0) is 34.1. The first-order chi connectivity index (χ1) is 22.4. The van der Waals surface area contributed by atoms with Gasteiger partial charge in [0.2, 0.25) is 11.8 Å². The molecular weight excluding hydrogens is 678 g/mol. The molecule has 0 radical (unpaired) electrons. The monoisotopic (exact) mass is 719 g/mol. The molecule has 0 aliphatic rings. The van der Waals surface area contributed by atoms with Gasteiger partial charge in [0.05, 0.1) is 22.2 Å². The highest BCUT2D eigenvalue weighted by atomic mass is 79.9. The van der Waals surface area contributed by atoms with Gasteiger partial charge in [-0.25, -0.2) is 8.42 Å². The molecule has 8 nitrogen and oxygen atoms in total. The molecule has 0 unspecified atom stereocenters. The van der Waals surface area contributed by atoms with E-state index >= 15 is 0 Å². The third kappa shape index (κ3) is 9.23. The number of sulfonamides is 1. The molecule has 2 amide bonds. The summed E-state index contributed by atoms with van der Waals surface area (Å²) in [6.07, 6.45) is 0.968. The number of methoxy groups -OCH3 is 1. The number of amides is 2. The third-order valence-electron chi connectivity index (χ3n) is 8.06. The summed E-state index contributed by atoms with van der Waals surface area (Å²) >= 11 is 3.40. The van der Waals surface area contributed by atoms with Gasteiger partial charge in [-0.1, -0.05) is 84.8 Å². The quantitative estimate of drug-likeness (QED) is 0.154. The van der Waals surface area contributed by atoms with Crippen LogP contribution in [0.5, 0.6) is 5.75 Å². The second kappa shape index (κ2) is 16.1. The number of hydrogen-bond donors (Lipinski definition) is 1. The summed E-state index contributed by atoms with van der Waals surface area (Å²) in [4.78, 5) is 30.1. The van der Waals surface area contributed by atoms with Gasteiger partial charge in [0.25, 0.3) is 10.0 Å². The minimum atomic E-state index is -4.25. The van der Waals surface area contributed by atoms with Gasteiger partial charge in [-0.3, -0.25) is 13.9 Å². The van der Waals surface area contributed by atoms with E-state index in [2.05, 4.69) is 21.2 Å². The summed E-state index contributed by atoms with van der Waals surface area (Å²) in [5.74, 6) is -0.336. The van der Waals surface area contributed by atoms with Gasteiger partial charge < -0.3 is 15.0 Å². The highest BCUT2D eigenvalue weighted by Crippen LogP contribution is 2.31. The van der Waals surface area contributed by atoms with Crippen molar-refractivity contribution in [2.45, 2.75) is 64.1 Å². The SMILES string of the molecule is CC[C@@H](C)NC(=O)[C@H](Cc1ccccc1)N(Cc1ccc(C)cc1)C(=O)CN(c1ccc(C)cc1)S(=O)(=O)c1ccc(OC)c(Br)c1. The Morgan fingerprint density at radius 3 is 2.06 bits per heavy atom. The molecular formula is C37H42BrN3O5S. The van der Waals surface area contributed by atoms with E-state index in [1.54, 1.807) is 30.3 Å². The number of ether oxygens (including phenoxy) is 1. The van der Waals surface area contributed by atoms with Crippen molar-refractivity contribution in [2.75, 3.05) is 18.0 Å². The fourth-order valence-electron chi connectivity index (χ4n) is 5.06. The highest BCUT2D eigenvalue weighted by Gasteiger charge is 2.35. The maximum absolute atomic E-state index is 14.6. The molecule has 0 aromatic heterocycles. The van der Waals surface area contributed by atoms with E-state index in [1.165, 1.54) is 24.1 Å². The Kier molecular flexibility index (Phi) is 12.2. The maximum atomic E-state index is 14.6. The van der Waals surface area contributed by atoms with Crippen LogP contribution in [-0.4, -0.2) is 50.9 Å². The molecule has 10 heteroatoms. The third-order valence-corrected chi connectivity index (χ3v) is 10.4. The molecule has 4 rings (SSSR count). The molecule has 0 heterocycles. The molecule has 2 atom stereocenters. The van der Waals surface area contributed by atoms with Gasteiger partial charge in [0.15, 0.2) is 0 Å². The Morgan fingerprint density at radius 2 is 1.49 bits per heavy atom. The van der Waals surface area contributed by atoms with Crippen molar-refractivity contribution in [3.8, 4) is 5.75 Å². The fourth-order valence-corrected chi connectivity index (χ4v) is 7.19. The van der Waals surface area contributed by atoms with E-state index in [0.717, 1.165) is 26.6 Å². The summed E-state index contributed by atoms with van der Waals surface area (Å²) in [6.45, 7) is 7.37. The number of nitrogens with one attached hydrogen (secondary N) is 1. The largest absolute Gasteiger partial charge is 0.496 e. The van der Waals surface area contributed by atoms with Crippen molar-refractivity contribution in [3.63, 3.8) is 0 Å². The van der Waals surface area contributed by atoms with Crippen LogP contribution in [0, 0.1) is 13.8 Å². The topological polar surface area (TPSA) is 96.0 Å². The Balaban J connectivity index is 1.81. The Labute approximate surface area is 286 Å². The summed E-state index contributed by atoms with van der Waals surface area (Å²) < 4.78 is 35.5. The van der Waals surface area contributed by atoms with Crippen LogP contribution in [0.1, 0.15) is 42.5 Å². The summed E-state index contributed by atoms with van der Waals surface area (Å²) in [5, 5.41) is 3.06. The lowest BCUT2D eigenvalue weighted by molar-refractivity contribution is -0.140. The molecule has 4 aromatic rings. The minimum Gasteiger partial charge on any atom is -0.496 e. The molecule has 0 fully saturated rings. The van der Waals surface area contributed by atoms with E-state index in [-0.39, 0.29) is 29.8 Å². The van der Waals surface area contributed by atoms with E-state index < -0.39 is 28.5 Å². The number of anilines is 1. The van der Waals surface area contributed by atoms with Crippen LogP contribution in [0.4, 0.5) is 5.69 Å². The first-order valence-corrected chi connectivity index (χ1v) is 17.8. The molecule has 0 spiro atoms. The van der Waals surface area contributed by atoms with Crippen LogP contribution in [0.2, 0.25) is 0 Å². The number of carbonyl (C=O) groups is 2. The van der Waals surface area contributed by atoms with E-state index in [0.29, 0.717) is 22.3 Å². The molecule has 0 saturated carbocycles. The molecule has 4 aromatic carbocycles. The van der Waals surface area contributed by atoms with Crippen LogP contribution < -0.4 is 14.4 Å². The van der Waals surface area contributed by atoms with Crippen LogP contribution in [0.25, 0.3) is 0 Å². The van der Waals surface area contributed by atoms with E-state index in [4.69, 9.17) is 4.74 Å². The van der Waals surface area contributed by atoms with Crippen LogP contribution in [0.15, 0.2) is 106 Å². The zero-order valence-corrected chi connectivity index (χ0v) is 29.8. The van der Waals surface area contributed by atoms with Crippen molar-refractivity contribution < 1.29 is 22.7 Å². The molecule has 47 heavy (non-hydrogen) atoms. The van der Waals surface area contributed by atoms with Gasteiger partial charge in [-0.2, -0.15) is 0 Å². The van der Waals surface area contributed by atoms with E-state index in [1.807, 2.05) is 82.3 Å².